The van der Waals surface area contributed by atoms with E-state index in [0.717, 1.165) is 30.6 Å². The van der Waals surface area contributed by atoms with Gasteiger partial charge in [-0.1, -0.05) is 61.6 Å². The van der Waals surface area contributed by atoms with Gasteiger partial charge in [0.1, 0.15) is 22.7 Å². The van der Waals surface area contributed by atoms with Crippen molar-refractivity contribution < 1.29 is 14.3 Å². The number of hydrogen-bond donors (Lipinski definition) is 2. The number of pyridine rings is 1. The second kappa shape index (κ2) is 14.4. The Hall–Kier alpha value is -2.81. The molecule has 212 valence electrons. The van der Waals surface area contributed by atoms with Gasteiger partial charge in [0, 0.05) is 35.1 Å². The second-order valence-electron chi connectivity index (χ2n) is 10.8. The molecule has 38 heavy (non-hydrogen) atoms. The van der Waals surface area contributed by atoms with Gasteiger partial charge in [-0.05, 0) is 50.8 Å². The molecule has 0 radical (unpaired) electrons. The molecule has 0 saturated carbocycles. The second-order valence-corrected chi connectivity index (χ2v) is 11.6. The first kappa shape index (κ1) is 33.2. The molecule has 2 heterocycles. The SMILES string of the molecule is C=C/C(=N\C(=C)NC(CC)C(=O)OC)SNC(=O)c1ccc(C(C)(C)C)nc1N1CC(C)CC1(C)C.CC. The quantitative estimate of drug-likeness (QED) is 0.179. The molecule has 1 aromatic heterocycles. The largest absolute Gasteiger partial charge is 0.467 e. The maximum absolute atomic E-state index is 13.3. The molecule has 1 fully saturated rings. The lowest BCUT2D eigenvalue weighted by Gasteiger charge is -2.34. The van der Waals surface area contributed by atoms with Gasteiger partial charge in [-0.25, -0.2) is 14.8 Å². The Labute approximate surface area is 233 Å². The van der Waals surface area contributed by atoms with Crippen molar-refractivity contribution in [3.05, 3.63) is 48.4 Å². The fourth-order valence-corrected chi connectivity index (χ4v) is 4.85. The Morgan fingerprint density at radius 3 is 2.45 bits per heavy atom. The summed E-state index contributed by atoms with van der Waals surface area (Å²) in [6, 6.07) is 3.21. The van der Waals surface area contributed by atoms with Gasteiger partial charge in [-0.2, -0.15) is 0 Å². The number of methoxy groups -OCH3 is 1. The first-order valence-electron chi connectivity index (χ1n) is 13.2. The summed E-state index contributed by atoms with van der Waals surface area (Å²) in [5.74, 6) is 0.802. The number of anilines is 1. The lowest BCUT2D eigenvalue weighted by molar-refractivity contribution is -0.143. The summed E-state index contributed by atoms with van der Waals surface area (Å²) in [5, 5.41) is 3.36. The molecule has 1 amide bonds. The average molecular weight is 546 g/mol. The fourth-order valence-electron chi connectivity index (χ4n) is 4.31. The lowest BCUT2D eigenvalue weighted by atomic mass is 9.91. The van der Waals surface area contributed by atoms with Crippen molar-refractivity contribution in [2.24, 2.45) is 10.9 Å². The number of amides is 1. The topological polar surface area (TPSA) is 95.9 Å². The van der Waals surface area contributed by atoms with E-state index in [2.05, 4.69) is 74.6 Å². The predicted octanol–water partition coefficient (Wildman–Crippen LogP) is 6.01. The summed E-state index contributed by atoms with van der Waals surface area (Å²) in [6.45, 7) is 27.3. The van der Waals surface area contributed by atoms with Gasteiger partial charge < -0.3 is 15.0 Å². The third-order valence-corrected chi connectivity index (χ3v) is 6.87. The highest BCUT2D eigenvalue weighted by atomic mass is 32.2. The molecule has 0 aliphatic carbocycles. The number of esters is 1. The Bertz CT molecular complexity index is 1030. The number of nitrogens with zero attached hydrogens (tertiary/aromatic N) is 3. The minimum Gasteiger partial charge on any atom is -0.467 e. The summed E-state index contributed by atoms with van der Waals surface area (Å²) >= 11 is 1.03. The fraction of sp³-hybridized carbons (Fsp3) is 0.586. The number of rotatable bonds is 8. The van der Waals surface area contributed by atoms with Crippen LogP contribution in [0.2, 0.25) is 0 Å². The van der Waals surface area contributed by atoms with Crippen molar-refractivity contribution in [2.45, 2.75) is 92.2 Å². The van der Waals surface area contributed by atoms with E-state index in [1.807, 2.05) is 32.9 Å². The van der Waals surface area contributed by atoms with Crippen LogP contribution in [0, 0.1) is 5.92 Å². The minimum atomic E-state index is -0.557. The number of aliphatic imine (C=N–C) groups is 1. The molecule has 0 bridgehead atoms. The third-order valence-electron chi connectivity index (χ3n) is 6.12. The van der Waals surface area contributed by atoms with Crippen LogP contribution in [0.4, 0.5) is 5.82 Å². The summed E-state index contributed by atoms with van der Waals surface area (Å²) in [7, 11) is 1.33. The van der Waals surface area contributed by atoms with Gasteiger partial charge in [0.2, 0.25) is 0 Å². The smallest absolute Gasteiger partial charge is 0.328 e. The van der Waals surface area contributed by atoms with Crippen molar-refractivity contribution in [1.29, 1.82) is 0 Å². The molecular formula is C29H47N5O3S. The van der Waals surface area contributed by atoms with E-state index in [4.69, 9.17) is 9.72 Å². The van der Waals surface area contributed by atoms with Crippen LogP contribution in [0.1, 0.15) is 91.2 Å². The Morgan fingerprint density at radius 1 is 1.34 bits per heavy atom. The van der Waals surface area contributed by atoms with Crippen LogP contribution in [-0.2, 0) is 14.9 Å². The summed E-state index contributed by atoms with van der Waals surface area (Å²) in [5.41, 5.74) is 1.18. The molecule has 2 N–H and O–H groups in total. The van der Waals surface area contributed by atoms with E-state index in [1.54, 1.807) is 0 Å². The average Bonchev–Trinajstić information content (AvgIpc) is 3.15. The Kier molecular flexibility index (Phi) is 12.6. The molecule has 0 aromatic carbocycles. The summed E-state index contributed by atoms with van der Waals surface area (Å²) < 4.78 is 7.65. The van der Waals surface area contributed by atoms with E-state index >= 15 is 0 Å². The van der Waals surface area contributed by atoms with Crippen molar-refractivity contribution in [2.75, 3.05) is 18.6 Å². The lowest BCUT2D eigenvalue weighted by Crippen LogP contribution is -2.40. The number of hydrogen-bond acceptors (Lipinski definition) is 8. The molecule has 0 spiro atoms. The van der Waals surface area contributed by atoms with Crippen molar-refractivity contribution in [1.82, 2.24) is 15.0 Å². The number of nitrogens with one attached hydrogen (secondary N) is 2. The number of aromatic nitrogens is 1. The van der Waals surface area contributed by atoms with Crippen LogP contribution in [-0.4, -0.2) is 47.1 Å². The predicted molar refractivity (Wildman–Crippen MR) is 161 cm³/mol. The van der Waals surface area contributed by atoms with Crippen LogP contribution in [0.3, 0.4) is 0 Å². The molecule has 2 atom stereocenters. The Balaban J connectivity index is 0.00000352. The Morgan fingerprint density at radius 2 is 1.97 bits per heavy atom. The number of carbonyl (C=O) groups is 2. The van der Waals surface area contributed by atoms with E-state index in [9.17, 15) is 9.59 Å². The minimum absolute atomic E-state index is 0.113. The van der Waals surface area contributed by atoms with Crippen LogP contribution in [0.25, 0.3) is 0 Å². The number of ether oxygens (including phenoxy) is 1. The van der Waals surface area contributed by atoms with E-state index in [0.29, 0.717) is 28.8 Å². The molecule has 1 aromatic rings. The highest BCUT2D eigenvalue weighted by molar-refractivity contribution is 8.13. The van der Waals surface area contributed by atoms with Gasteiger partial charge in [-0.15, -0.1) is 0 Å². The molecule has 9 heteroatoms. The molecule has 1 saturated heterocycles. The zero-order valence-corrected chi connectivity index (χ0v) is 25.7. The standard InChI is InChI=1S/C27H41N5O3S.C2H6/c1-11-20(25(34)35-10)28-18(4)29-22(12-2)36-31-24(33)19-13-14-21(26(5,6)7)30-23(19)32-16-17(3)15-27(32,8)9;1-2/h12-14,17,20,28H,2,4,11,15-16H2,1,3,5-10H3,(H,31,33);1-2H3/b29-22+;. The van der Waals surface area contributed by atoms with E-state index in [1.165, 1.54) is 13.2 Å². The zero-order chi connectivity index (χ0) is 29.3. The number of carbonyl (C=O) groups excluding carboxylic acids is 2. The van der Waals surface area contributed by atoms with Crippen LogP contribution in [0.5, 0.6) is 0 Å². The van der Waals surface area contributed by atoms with Gasteiger partial charge in [0.25, 0.3) is 5.91 Å². The zero-order valence-electron chi connectivity index (χ0n) is 24.9. The van der Waals surface area contributed by atoms with Crippen molar-refractivity contribution >= 4 is 34.7 Å². The monoisotopic (exact) mass is 545 g/mol. The normalized spacial score (nSPS) is 17.6. The first-order chi connectivity index (χ1) is 17.7. The third kappa shape index (κ3) is 8.89. The molecule has 2 rings (SSSR count). The molecule has 1 aliphatic heterocycles. The molecular weight excluding hydrogens is 498 g/mol. The van der Waals surface area contributed by atoms with Crippen molar-refractivity contribution in [3.8, 4) is 0 Å². The van der Waals surface area contributed by atoms with Gasteiger partial charge in [-0.3, -0.25) is 9.52 Å². The van der Waals surface area contributed by atoms with Crippen LogP contribution >= 0.6 is 11.9 Å². The first-order valence-corrected chi connectivity index (χ1v) is 14.1. The van der Waals surface area contributed by atoms with Crippen LogP contribution < -0.4 is 14.9 Å². The molecule has 8 nitrogen and oxygen atoms in total. The maximum Gasteiger partial charge on any atom is 0.328 e. The van der Waals surface area contributed by atoms with Gasteiger partial charge >= 0.3 is 5.97 Å². The maximum atomic E-state index is 13.3. The summed E-state index contributed by atoms with van der Waals surface area (Å²) in [4.78, 5) is 36.8. The highest BCUT2D eigenvalue weighted by Gasteiger charge is 2.39. The molecule has 1 aliphatic rings. The molecule has 2 unspecified atom stereocenters. The van der Waals surface area contributed by atoms with E-state index in [-0.39, 0.29) is 22.7 Å². The van der Waals surface area contributed by atoms with E-state index < -0.39 is 12.0 Å². The highest BCUT2D eigenvalue weighted by Crippen LogP contribution is 2.38. The summed E-state index contributed by atoms with van der Waals surface area (Å²) in [6.07, 6.45) is 3.06. The van der Waals surface area contributed by atoms with Crippen LogP contribution in [0.15, 0.2) is 42.2 Å². The van der Waals surface area contributed by atoms with Crippen molar-refractivity contribution in [3.63, 3.8) is 0 Å². The van der Waals surface area contributed by atoms with Gasteiger partial charge in [0.15, 0.2) is 0 Å². The van der Waals surface area contributed by atoms with Gasteiger partial charge in [0.05, 0.1) is 12.7 Å².